The Labute approximate surface area is 174 Å². The van der Waals surface area contributed by atoms with Crippen molar-refractivity contribution in [1.82, 2.24) is 10.3 Å². The van der Waals surface area contributed by atoms with E-state index in [0.717, 1.165) is 11.1 Å². The Balaban J connectivity index is 1.74. The van der Waals surface area contributed by atoms with Gasteiger partial charge < -0.3 is 14.8 Å². The molecule has 1 N–H and O–H groups in total. The Morgan fingerprint density at radius 1 is 0.900 bits per heavy atom. The number of carbonyl (C=O) groups excluding carboxylic acids is 3. The first-order valence-corrected chi connectivity index (χ1v) is 9.57. The summed E-state index contributed by atoms with van der Waals surface area (Å²) in [5.41, 5.74) is 2.22. The van der Waals surface area contributed by atoms with Gasteiger partial charge in [0, 0.05) is 12.4 Å². The van der Waals surface area contributed by atoms with Crippen molar-refractivity contribution in [2.24, 2.45) is 0 Å². The number of hydrogen-bond donors (Lipinski definition) is 1. The van der Waals surface area contributed by atoms with E-state index in [9.17, 15) is 14.4 Å². The van der Waals surface area contributed by atoms with Crippen molar-refractivity contribution in [3.8, 4) is 0 Å². The summed E-state index contributed by atoms with van der Waals surface area (Å²) in [5, 5.41) is 2.63. The molecule has 6 nitrogen and oxygen atoms in total. The highest BCUT2D eigenvalue weighted by molar-refractivity contribution is 6.03. The number of aromatic nitrogens is 1. The molecule has 1 heterocycles. The second-order valence-electron chi connectivity index (χ2n) is 6.75. The quantitative estimate of drug-likeness (QED) is 0.438. The largest absolute Gasteiger partial charge is 0.445 e. The van der Waals surface area contributed by atoms with Gasteiger partial charge in [-0.15, -0.1) is 0 Å². The van der Waals surface area contributed by atoms with Crippen LogP contribution < -0.4 is 5.32 Å². The standard InChI is InChI=1S/C24H22N2O4/c27-16-21(20-11-13-25-14-12-20)23(28)22(15-18-7-3-1-4-8-18)26-24(29)30-17-19-9-5-2-6-10-19/h1-14,16,21-22H,15,17H2,(H,26,29)/t21?,22-/m0/s1. The minimum absolute atomic E-state index is 0.0837. The van der Waals surface area contributed by atoms with E-state index < -0.39 is 23.8 Å². The summed E-state index contributed by atoms with van der Waals surface area (Å²) in [7, 11) is 0. The third-order valence-corrected chi connectivity index (χ3v) is 4.64. The van der Waals surface area contributed by atoms with Gasteiger partial charge in [-0.3, -0.25) is 9.78 Å². The van der Waals surface area contributed by atoms with Gasteiger partial charge in [-0.1, -0.05) is 60.7 Å². The first-order chi connectivity index (χ1) is 14.7. The van der Waals surface area contributed by atoms with Crippen LogP contribution in [0.3, 0.4) is 0 Å². The fourth-order valence-electron chi connectivity index (χ4n) is 3.08. The number of amides is 1. The summed E-state index contributed by atoms with van der Waals surface area (Å²) >= 11 is 0. The molecule has 152 valence electrons. The van der Waals surface area contributed by atoms with E-state index in [2.05, 4.69) is 10.3 Å². The summed E-state index contributed by atoms with van der Waals surface area (Å²) < 4.78 is 5.26. The Hall–Kier alpha value is -3.80. The minimum atomic E-state index is -1.00. The fraction of sp³-hybridized carbons (Fsp3) is 0.167. The Morgan fingerprint density at radius 2 is 1.50 bits per heavy atom. The smallest absolute Gasteiger partial charge is 0.408 e. The lowest BCUT2D eigenvalue weighted by Crippen LogP contribution is -2.45. The number of pyridine rings is 1. The third-order valence-electron chi connectivity index (χ3n) is 4.64. The summed E-state index contributed by atoms with van der Waals surface area (Å²) in [6.45, 7) is 0.0837. The van der Waals surface area contributed by atoms with Crippen molar-refractivity contribution in [2.75, 3.05) is 0 Å². The number of nitrogens with zero attached hydrogens (tertiary/aromatic N) is 1. The number of ether oxygens (including phenoxy) is 1. The topological polar surface area (TPSA) is 85.4 Å². The van der Waals surface area contributed by atoms with Crippen LogP contribution in [0.4, 0.5) is 4.79 Å². The molecule has 1 unspecified atom stereocenters. The van der Waals surface area contributed by atoms with Gasteiger partial charge in [0.15, 0.2) is 5.78 Å². The molecule has 0 aliphatic heterocycles. The molecule has 0 saturated heterocycles. The van der Waals surface area contributed by atoms with Crippen LogP contribution in [0.2, 0.25) is 0 Å². The first-order valence-electron chi connectivity index (χ1n) is 9.57. The average Bonchev–Trinajstić information content (AvgIpc) is 2.80. The molecule has 0 radical (unpaired) electrons. The van der Waals surface area contributed by atoms with Gasteiger partial charge in [0.25, 0.3) is 0 Å². The molecule has 0 aliphatic rings. The maximum absolute atomic E-state index is 13.2. The van der Waals surface area contributed by atoms with Gasteiger partial charge in [0.2, 0.25) is 0 Å². The predicted molar refractivity (Wildman–Crippen MR) is 112 cm³/mol. The normalized spacial score (nSPS) is 12.4. The lowest BCUT2D eigenvalue weighted by molar-refractivity contribution is -0.125. The van der Waals surface area contributed by atoms with Crippen LogP contribution >= 0.6 is 0 Å². The lowest BCUT2D eigenvalue weighted by atomic mass is 9.90. The second kappa shape index (κ2) is 10.7. The van der Waals surface area contributed by atoms with E-state index in [1.165, 1.54) is 12.4 Å². The van der Waals surface area contributed by atoms with Crippen LogP contribution in [0.5, 0.6) is 0 Å². The van der Waals surface area contributed by atoms with Crippen LogP contribution in [-0.4, -0.2) is 29.2 Å². The molecule has 3 aromatic rings. The number of carbonyl (C=O) groups is 3. The Morgan fingerprint density at radius 3 is 2.10 bits per heavy atom. The molecule has 0 spiro atoms. The maximum atomic E-state index is 13.2. The van der Waals surface area contributed by atoms with E-state index in [0.29, 0.717) is 11.8 Å². The van der Waals surface area contributed by atoms with Crippen LogP contribution in [0.25, 0.3) is 0 Å². The van der Waals surface area contributed by atoms with Crippen molar-refractivity contribution in [1.29, 1.82) is 0 Å². The van der Waals surface area contributed by atoms with Crippen LogP contribution in [0, 0.1) is 0 Å². The molecule has 6 heteroatoms. The van der Waals surface area contributed by atoms with Gasteiger partial charge >= 0.3 is 6.09 Å². The SMILES string of the molecule is O=CC(C(=O)[C@H](Cc1ccccc1)NC(=O)OCc1ccccc1)c1ccncc1. The molecular weight excluding hydrogens is 380 g/mol. The zero-order valence-electron chi connectivity index (χ0n) is 16.3. The zero-order chi connectivity index (χ0) is 21.2. The lowest BCUT2D eigenvalue weighted by Gasteiger charge is -2.21. The molecule has 0 bridgehead atoms. The minimum Gasteiger partial charge on any atom is -0.445 e. The monoisotopic (exact) mass is 402 g/mol. The fourth-order valence-corrected chi connectivity index (χ4v) is 3.08. The number of nitrogens with one attached hydrogen (secondary N) is 1. The van der Waals surface area contributed by atoms with E-state index in [1.54, 1.807) is 12.1 Å². The highest BCUT2D eigenvalue weighted by Gasteiger charge is 2.30. The summed E-state index contributed by atoms with van der Waals surface area (Å²) in [6.07, 6.45) is 3.16. The molecule has 1 amide bonds. The highest BCUT2D eigenvalue weighted by atomic mass is 16.5. The number of alkyl carbamates (subject to hydrolysis) is 1. The Kier molecular flexibility index (Phi) is 7.44. The van der Waals surface area contributed by atoms with Gasteiger partial charge in [0.05, 0.1) is 6.04 Å². The number of rotatable bonds is 9. The number of ketones is 1. The van der Waals surface area contributed by atoms with Crippen molar-refractivity contribution < 1.29 is 19.1 Å². The number of hydrogen-bond acceptors (Lipinski definition) is 5. The molecule has 1 aromatic heterocycles. The predicted octanol–water partition coefficient (Wildman–Crippen LogP) is 3.47. The van der Waals surface area contributed by atoms with Crippen molar-refractivity contribution >= 4 is 18.2 Å². The van der Waals surface area contributed by atoms with Crippen molar-refractivity contribution in [2.45, 2.75) is 25.0 Å². The van der Waals surface area contributed by atoms with E-state index >= 15 is 0 Å². The molecular formula is C24H22N2O4. The first kappa shape index (κ1) is 20.9. The number of Topliss-reactive ketones (excluding diaryl/α,β-unsaturated/α-hetero) is 1. The molecule has 2 aromatic carbocycles. The second-order valence-corrected chi connectivity index (χ2v) is 6.75. The molecule has 0 fully saturated rings. The Bertz CT molecular complexity index is 962. The van der Waals surface area contributed by atoms with Gasteiger partial charge in [-0.25, -0.2) is 4.79 Å². The maximum Gasteiger partial charge on any atom is 0.408 e. The molecule has 30 heavy (non-hydrogen) atoms. The molecule has 0 saturated carbocycles. The zero-order valence-corrected chi connectivity index (χ0v) is 16.3. The van der Waals surface area contributed by atoms with E-state index in [-0.39, 0.29) is 13.0 Å². The van der Waals surface area contributed by atoms with Crippen molar-refractivity contribution in [3.05, 3.63) is 102 Å². The van der Waals surface area contributed by atoms with E-state index in [1.807, 2.05) is 60.7 Å². The van der Waals surface area contributed by atoms with Crippen LogP contribution in [0.1, 0.15) is 22.6 Å². The van der Waals surface area contributed by atoms with Crippen LogP contribution in [0.15, 0.2) is 85.2 Å². The number of aldehydes is 1. The van der Waals surface area contributed by atoms with Gasteiger partial charge in [0.1, 0.15) is 18.8 Å². The number of benzene rings is 2. The van der Waals surface area contributed by atoms with Crippen LogP contribution in [-0.2, 0) is 27.4 Å². The van der Waals surface area contributed by atoms with E-state index in [4.69, 9.17) is 4.74 Å². The van der Waals surface area contributed by atoms with Gasteiger partial charge in [-0.05, 0) is 35.2 Å². The van der Waals surface area contributed by atoms with Crippen molar-refractivity contribution in [3.63, 3.8) is 0 Å². The highest BCUT2D eigenvalue weighted by Crippen LogP contribution is 2.18. The third kappa shape index (κ3) is 5.85. The summed E-state index contributed by atoms with van der Waals surface area (Å²) in [6, 6.07) is 20.9. The molecule has 0 aliphatic carbocycles. The molecule has 2 atom stereocenters. The summed E-state index contributed by atoms with van der Waals surface area (Å²) in [5.74, 6) is -1.41. The average molecular weight is 402 g/mol. The van der Waals surface area contributed by atoms with Gasteiger partial charge in [-0.2, -0.15) is 0 Å². The molecule has 3 rings (SSSR count). The summed E-state index contributed by atoms with van der Waals surface area (Å²) in [4.78, 5) is 41.2.